The Morgan fingerprint density at radius 2 is 1.77 bits per heavy atom. The summed E-state index contributed by atoms with van der Waals surface area (Å²) in [5.41, 5.74) is 2.09. The van der Waals surface area contributed by atoms with Crippen molar-refractivity contribution in [2.45, 2.75) is 52.7 Å². The van der Waals surface area contributed by atoms with Gasteiger partial charge in [-0.25, -0.2) is 4.79 Å². The number of amides is 1. The van der Waals surface area contributed by atoms with E-state index in [1.165, 1.54) is 11.0 Å². The SMILES string of the molecule is CCOc1ccc(/C(O)=C2/C(=O)C(=O)N(c3cccc(C(=O)OC(C)C)c3)C2c2ccccn2)cc1C(C)C. The molecule has 1 aromatic heterocycles. The summed E-state index contributed by atoms with van der Waals surface area (Å²) in [7, 11) is 0. The van der Waals surface area contributed by atoms with Gasteiger partial charge < -0.3 is 14.6 Å². The summed E-state index contributed by atoms with van der Waals surface area (Å²) >= 11 is 0. The Hall–Kier alpha value is -4.46. The van der Waals surface area contributed by atoms with Crippen LogP contribution in [0.15, 0.2) is 72.4 Å². The van der Waals surface area contributed by atoms with E-state index in [2.05, 4.69) is 4.98 Å². The maximum absolute atomic E-state index is 13.5. The second-order valence-corrected chi connectivity index (χ2v) is 9.77. The Kier molecular flexibility index (Phi) is 8.14. The molecule has 1 fully saturated rings. The zero-order chi connectivity index (χ0) is 28.3. The van der Waals surface area contributed by atoms with Gasteiger partial charge in [0.05, 0.1) is 29.5 Å². The van der Waals surface area contributed by atoms with Crippen molar-refractivity contribution in [3.63, 3.8) is 0 Å². The van der Waals surface area contributed by atoms with Crippen LogP contribution in [0, 0.1) is 0 Å². The molecular weight excluding hydrogens is 496 g/mol. The molecule has 0 spiro atoms. The molecule has 1 N–H and O–H groups in total. The molecule has 1 unspecified atom stereocenters. The summed E-state index contributed by atoms with van der Waals surface area (Å²) in [5, 5.41) is 11.5. The van der Waals surface area contributed by atoms with Crippen molar-refractivity contribution in [1.29, 1.82) is 0 Å². The molecule has 8 heteroatoms. The average Bonchev–Trinajstić information content (AvgIpc) is 3.18. The number of hydrogen-bond acceptors (Lipinski definition) is 7. The molecule has 0 aliphatic carbocycles. The minimum atomic E-state index is -1.02. The fraction of sp³-hybridized carbons (Fsp3) is 0.290. The number of rotatable bonds is 8. The molecule has 4 rings (SSSR count). The molecule has 202 valence electrons. The highest BCUT2D eigenvalue weighted by Crippen LogP contribution is 2.42. The van der Waals surface area contributed by atoms with Gasteiger partial charge in [0.25, 0.3) is 11.7 Å². The molecular formula is C31H32N2O6. The number of pyridine rings is 1. The Morgan fingerprint density at radius 3 is 2.41 bits per heavy atom. The molecule has 1 aliphatic rings. The van der Waals surface area contributed by atoms with Crippen LogP contribution < -0.4 is 9.64 Å². The van der Waals surface area contributed by atoms with Gasteiger partial charge in [-0.2, -0.15) is 0 Å². The first-order valence-electron chi connectivity index (χ1n) is 12.9. The van der Waals surface area contributed by atoms with Gasteiger partial charge in [-0.05, 0) is 80.8 Å². The molecule has 1 amide bonds. The standard InChI is InChI=1S/C31H32N2O6/c1-6-38-25-14-13-20(17-23(25)18(2)3)28(34)26-27(24-12-7-8-15-32-24)33(30(36)29(26)35)22-11-9-10-21(16-22)31(37)39-19(4)5/h7-19,27,34H,6H2,1-5H3/b28-26-. The van der Waals surface area contributed by atoms with Gasteiger partial charge in [-0.15, -0.1) is 0 Å². The van der Waals surface area contributed by atoms with Crippen LogP contribution in [-0.2, 0) is 14.3 Å². The number of carbonyl (C=O) groups is 3. The third-order valence-electron chi connectivity index (χ3n) is 6.32. The van der Waals surface area contributed by atoms with E-state index in [4.69, 9.17) is 9.47 Å². The van der Waals surface area contributed by atoms with Gasteiger partial charge in [0.1, 0.15) is 17.6 Å². The van der Waals surface area contributed by atoms with E-state index in [1.54, 1.807) is 74.6 Å². The molecule has 0 saturated carbocycles. The van der Waals surface area contributed by atoms with Gasteiger partial charge in [0.15, 0.2) is 0 Å². The van der Waals surface area contributed by atoms with Gasteiger partial charge in [-0.1, -0.05) is 26.0 Å². The minimum Gasteiger partial charge on any atom is -0.507 e. The molecule has 1 aliphatic heterocycles. The maximum Gasteiger partial charge on any atom is 0.338 e. The fourth-order valence-electron chi connectivity index (χ4n) is 4.57. The van der Waals surface area contributed by atoms with E-state index in [9.17, 15) is 19.5 Å². The smallest absolute Gasteiger partial charge is 0.338 e. The van der Waals surface area contributed by atoms with Crippen LogP contribution in [-0.4, -0.2) is 40.5 Å². The molecule has 3 aromatic rings. The molecule has 1 saturated heterocycles. The number of anilines is 1. The van der Waals surface area contributed by atoms with Crippen molar-refractivity contribution in [3.8, 4) is 5.75 Å². The van der Waals surface area contributed by atoms with Gasteiger partial charge in [-0.3, -0.25) is 19.5 Å². The van der Waals surface area contributed by atoms with Gasteiger partial charge in [0.2, 0.25) is 0 Å². The zero-order valence-corrected chi connectivity index (χ0v) is 22.7. The third-order valence-corrected chi connectivity index (χ3v) is 6.32. The number of benzene rings is 2. The van der Waals surface area contributed by atoms with Crippen LogP contribution in [0.25, 0.3) is 5.76 Å². The van der Waals surface area contributed by atoms with Crippen molar-refractivity contribution in [3.05, 3.63) is 94.8 Å². The minimum absolute atomic E-state index is 0.0848. The summed E-state index contributed by atoms with van der Waals surface area (Å²) in [5.74, 6) is -1.77. The van der Waals surface area contributed by atoms with Crippen LogP contribution >= 0.6 is 0 Å². The molecule has 39 heavy (non-hydrogen) atoms. The lowest BCUT2D eigenvalue weighted by atomic mass is 9.94. The Bertz CT molecular complexity index is 1430. The van der Waals surface area contributed by atoms with Crippen LogP contribution in [0.1, 0.15) is 73.8 Å². The molecule has 0 bridgehead atoms. The lowest BCUT2D eigenvalue weighted by molar-refractivity contribution is -0.132. The predicted molar refractivity (Wildman–Crippen MR) is 148 cm³/mol. The monoisotopic (exact) mass is 528 g/mol. The van der Waals surface area contributed by atoms with Crippen LogP contribution in [0.4, 0.5) is 5.69 Å². The summed E-state index contributed by atoms with van der Waals surface area (Å²) in [4.78, 5) is 45.2. The van der Waals surface area contributed by atoms with Crippen molar-refractivity contribution in [2.75, 3.05) is 11.5 Å². The fourth-order valence-corrected chi connectivity index (χ4v) is 4.57. The number of hydrogen-bond donors (Lipinski definition) is 1. The maximum atomic E-state index is 13.5. The molecule has 8 nitrogen and oxygen atoms in total. The molecule has 1 atom stereocenters. The summed E-state index contributed by atoms with van der Waals surface area (Å²) in [6.07, 6.45) is 1.23. The zero-order valence-electron chi connectivity index (χ0n) is 22.7. The van der Waals surface area contributed by atoms with Crippen molar-refractivity contribution in [1.82, 2.24) is 4.98 Å². The topological polar surface area (TPSA) is 106 Å². The van der Waals surface area contributed by atoms with Gasteiger partial charge >= 0.3 is 5.97 Å². The summed E-state index contributed by atoms with van der Waals surface area (Å²) in [6, 6.07) is 15.6. The van der Waals surface area contributed by atoms with Crippen molar-refractivity contribution < 1.29 is 29.0 Å². The highest BCUT2D eigenvalue weighted by Gasteiger charge is 2.47. The number of ketones is 1. The second kappa shape index (κ2) is 11.5. The number of carbonyl (C=O) groups excluding carboxylic acids is 3. The van der Waals surface area contributed by atoms with E-state index in [1.807, 2.05) is 20.8 Å². The number of aromatic nitrogens is 1. The Morgan fingerprint density at radius 1 is 1.00 bits per heavy atom. The van der Waals surface area contributed by atoms with Crippen LogP contribution in [0.5, 0.6) is 5.75 Å². The van der Waals surface area contributed by atoms with E-state index in [0.29, 0.717) is 29.3 Å². The number of aliphatic hydroxyl groups is 1. The van der Waals surface area contributed by atoms with E-state index in [0.717, 1.165) is 5.56 Å². The lowest BCUT2D eigenvalue weighted by Gasteiger charge is -2.25. The molecule has 2 heterocycles. The highest BCUT2D eigenvalue weighted by atomic mass is 16.5. The number of ether oxygens (including phenoxy) is 2. The van der Waals surface area contributed by atoms with Crippen molar-refractivity contribution in [2.24, 2.45) is 0 Å². The summed E-state index contributed by atoms with van der Waals surface area (Å²) in [6.45, 7) is 9.88. The lowest BCUT2D eigenvalue weighted by Crippen LogP contribution is -2.30. The second-order valence-electron chi connectivity index (χ2n) is 9.77. The number of aliphatic hydroxyl groups excluding tert-OH is 1. The van der Waals surface area contributed by atoms with Gasteiger partial charge in [0, 0.05) is 17.4 Å². The molecule has 0 radical (unpaired) electrons. The van der Waals surface area contributed by atoms with Crippen molar-refractivity contribution >= 4 is 29.1 Å². The third kappa shape index (κ3) is 5.55. The Balaban J connectivity index is 1.88. The van der Waals surface area contributed by atoms with E-state index in [-0.39, 0.29) is 28.9 Å². The highest BCUT2D eigenvalue weighted by molar-refractivity contribution is 6.51. The normalized spacial score (nSPS) is 16.7. The van der Waals surface area contributed by atoms with E-state index < -0.39 is 23.7 Å². The van der Waals surface area contributed by atoms with Crippen LogP contribution in [0.2, 0.25) is 0 Å². The number of esters is 1. The van der Waals surface area contributed by atoms with E-state index >= 15 is 0 Å². The number of nitrogens with zero attached hydrogens (tertiary/aromatic N) is 2. The first kappa shape index (κ1) is 27.6. The first-order chi connectivity index (χ1) is 18.6. The largest absolute Gasteiger partial charge is 0.507 e. The number of Topliss-reactive ketones (excluding diaryl/α,β-unsaturated/α-hetero) is 1. The molecule has 2 aromatic carbocycles. The Labute approximate surface area is 227 Å². The quantitative estimate of drug-likeness (QED) is 0.171. The summed E-state index contributed by atoms with van der Waals surface area (Å²) < 4.78 is 11.0. The predicted octanol–water partition coefficient (Wildman–Crippen LogP) is 5.80. The average molecular weight is 529 g/mol. The first-order valence-corrected chi connectivity index (χ1v) is 12.9. The van der Waals surface area contributed by atoms with Crippen LogP contribution in [0.3, 0.4) is 0 Å².